The average molecular weight is 1100 g/mol. The molecule has 0 saturated carbocycles. The van der Waals surface area contributed by atoms with Gasteiger partial charge in [0.25, 0.3) is 0 Å². The van der Waals surface area contributed by atoms with E-state index in [4.69, 9.17) is 28.1 Å². The summed E-state index contributed by atoms with van der Waals surface area (Å²) >= 11 is 0. The summed E-state index contributed by atoms with van der Waals surface area (Å²) in [6.45, 7) is 15.7. The van der Waals surface area contributed by atoms with E-state index in [1.807, 2.05) is 109 Å². The number of aromatic nitrogens is 5. The minimum atomic E-state index is 0.458. The van der Waals surface area contributed by atoms with Crippen LogP contribution in [0.5, 0.6) is 0 Å². The molecule has 8 nitrogen and oxygen atoms in total. The summed E-state index contributed by atoms with van der Waals surface area (Å²) in [6, 6.07) is 97.8. The normalized spacial score (nSPS) is 11.2. The molecule has 8 heteroatoms. The van der Waals surface area contributed by atoms with Gasteiger partial charge in [0, 0.05) is 38.2 Å². The largest absolute Gasteiger partial charge is 0.308 e. The van der Waals surface area contributed by atoms with E-state index < -0.39 is 0 Å². The molecule has 0 atom stereocenters. The Kier molecular flexibility index (Phi) is 12.5. The van der Waals surface area contributed by atoms with Crippen LogP contribution in [-0.2, 0) is 0 Å². The van der Waals surface area contributed by atoms with Gasteiger partial charge in [-0.1, -0.05) is 206 Å². The number of benzene rings is 12. The van der Waals surface area contributed by atoms with E-state index in [0.29, 0.717) is 34.4 Å². The van der Waals surface area contributed by atoms with Gasteiger partial charge in [-0.15, -0.1) is 0 Å². The predicted molar refractivity (Wildman–Crippen MR) is 349 cm³/mol. The molecule has 0 spiro atoms. The van der Waals surface area contributed by atoms with E-state index in [1.54, 1.807) is 0 Å². The van der Waals surface area contributed by atoms with E-state index in [2.05, 4.69) is 195 Å². The summed E-state index contributed by atoms with van der Waals surface area (Å²) < 4.78 is 4.66. The Morgan fingerprint density at radius 2 is 0.698 bits per heavy atom. The first-order chi connectivity index (χ1) is 42.5. The van der Waals surface area contributed by atoms with Gasteiger partial charge in [0.15, 0.2) is 28.8 Å². The van der Waals surface area contributed by atoms with Gasteiger partial charge in [0.1, 0.15) is 0 Å². The lowest BCUT2D eigenvalue weighted by Crippen LogP contribution is -2.06. The van der Waals surface area contributed by atoms with Crippen molar-refractivity contribution in [1.82, 2.24) is 24.1 Å². The van der Waals surface area contributed by atoms with Crippen LogP contribution in [0.3, 0.4) is 0 Å². The number of rotatable bonds is 10. The highest BCUT2D eigenvalue weighted by Gasteiger charge is 2.24. The number of para-hydroxylation sites is 3. The second-order valence-electron chi connectivity index (χ2n) is 21.2. The first kappa shape index (κ1) is 50.7. The standard InChI is InChI=1S/C78H46N8/c1-80-61-39-33-54(34-40-61)60-36-42-66(75(48-60)86-71-24-14-11-21-64(71)68-46-58(38-44-73(68)86)52-17-7-4-8-18-52)78-83-76(56-31-29-55(30-32-56)62-19-9-12-22-69(62)81-2)82-77(84-78)65-41-35-59(53-27-25-50(49-79)26-28-53)47-74(65)85-70-23-13-10-20-63(70)67-45-57(37-43-72(67)85)51-15-5-3-6-16-51/h3-48H. The fourth-order valence-corrected chi connectivity index (χ4v) is 12.1. The monoisotopic (exact) mass is 1090 g/mol. The van der Waals surface area contributed by atoms with Crippen molar-refractivity contribution < 1.29 is 0 Å². The summed E-state index contributed by atoms with van der Waals surface area (Å²) in [5.41, 5.74) is 19.9. The Bertz CT molecular complexity index is 5010. The number of nitriles is 1. The Balaban J connectivity index is 1.01. The topological polar surface area (TPSA) is 81.0 Å². The van der Waals surface area contributed by atoms with Crippen LogP contribution < -0.4 is 0 Å². The highest BCUT2D eigenvalue weighted by molar-refractivity contribution is 6.12. The van der Waals surface area contributed by atoms with E-state index in [1.165, 1.54) is 0 Å². The molecule has 0 bridgehead atoms. The van der Waals surface area contributed by atoms with Crippen LogP contribution >= 0.6 is 0 Å². The van der Waals surface area contributed by atoms with Gasteiger partial charge in [-0.3, -0.25) is 0 Å². The zero-order valence-electron chi connectivity index (χ0n) is 46.1. The third-order valence-electron chi connectivity index (χ3n) is 16.3. The van der Waals surface area contributed by atoms with Crippen molar-refractivity contribution in [3.05, 3.63) is 307 Å². The Hall–Kier alpha value is -12.3. The van der Waals surface area contributed by atoms with Crippen molar-refractivity contribution in [1.29, 1.82) is 5.26 Å². The van der Waals surface area contributed by atoms with Crippen molar-refractivity contribution in [2.45, 2.75) is 0 Å². The third-order valence-corrected chi connectivity index (χ3v) is 16.3. The molecule has 398 valence electrons. The second-order valence-corrected chi connectivity index (χ2v) is 21.2. The molecule has 0 amide bonds. The number of fused-ring (bicyclic) bond motifs is 6. The minimum Gasteiger partial charge on any atom is -0.308 e. The fourth-order valence-electron chi connectivity index (χ4n) is 12.1. The summed E-state index contributed by atoms with van der Waals surface area (Å²) in [5.74, 6) is 1.38. The molecule has 3 heterocycles. The summed E-state index contributed by atoms with van der Waals surface area (Å²) in [4.78, 5) is 24.2. The molecule has 0 fully saturated rings. The van der Waals surface area contributed by atoms with E-state index in [9.17, 15) is 5.26 Å². The Morgan fingerprint density at radius 1 is 0.302 bits per heavy atom. The highest BCUT2D eigenvalue weighted by Crippen LogP contribution is 2.43. The number of nitrogens with zero attached hydrogens (tertiary/aromatic N) is 8. The smallest absolute Gasteiger partial charge is 0.194 e. The molecule has 0 saturated heterocycles. The lowest BCUT2D eigenvalue weighted by Gasteiger charge is -2.18. The zero-order valence-corrected chi connectivity index (χ0v) is 46.1. The lowest BCUT2D eigenvalue weighted by atomic mass is 9.99. The van der Waals surface area contributed by atoms with Gasteiger partial charge in [0.2, 0.25) is 0 Å². The maximum atomic E-state index is 9.82. The van der Waals surface area contributed by atoms with Crippen LogP contribution in [0, 0.1) is 24.5 Å². The maximum absolute atomic E-state index is 9.82. The number of hydrogen-bond acceptors (Lipinski definition) is 4. The average Bonchev–Trinajstić information content (AvgIpc) is 1.65. The molecule has 0 radical (unpaired) electrons. The fraction of sp³-hybridized carbons (Fsp3) is 0. The van der Waals surface area contributed by atoms with Crippen LogP contribution in [0.15, 0.2) is 279 Å². The molecule has 12 aromatic carbocycles. The van der Waals surface area contributed by atoms with Crippen LogP contribution in [0.2, 0.25) is 0 Å². The molecule has 3 aromatic heterocycles. The molecular weight excluding hydrogens is 1050 g/mol. The molecule has 86 heavy (non-hydrogen) atoms. The predicted octanol–water partition coefficient (Wildman–Crippen LogP) is 20.4. The van der Waals surface area contributed by atoms with E-state index >= 15 is 0 Å². The molecule has 0 aliphatic heterocycles. The molecule has 15 aromatic rings. The highest BCUT2D eigenvalue weighted by atomic mass is 15.1. The van der Waals surface area contributed by atoms with Gasteiger partial charge in [-0.05, 0) is 128 Å². The maximum Gasteiger partial charge on any atom is 0.194 e. The van der Waals surface area contributed by atoms with Gasteiger partial charge in [-0.25, -0.2) is 24.6 Å². The van der Waals surface area contributed by atoms with Crippen LogP contribution in [-0.4, -0.2) is 24.1 Å². The van der Waals surface area contributed by atoms with Crippen LogP contribution in [0.1, 0.15) is 5.56 Å². The first-order valence-electron chi connectivity index (χ1n) is 28.3. The molecular formula is C78H46N8. The summed E-state index contributed by atoms with van der Waals surface area (Å²) in [6.07, 6.45) is 0. The first-order valence-corrected chi connectivity index (χ1v) is 28.3. The van der Waals surface area contributed by atoms with Crippen LogP contribution in [0.4, 0.5) is 11.4 Å². The molecule has 15 rings (SSSR count). The van der Waals surface area contributed by atoms with Crippen molar-refractivity contribution in [3.63, 3.8) is 0 Å². The van der Waals surface area contributed by atoms with E-state index in [-0.39, 0.29) is 0 Å². The SMILES string of the molecule is [C-]#[N+]c1ccc(-c2ccc(-c3nc(-c4ccc(-c5ccccc5[N+]#[C-])cc4)nc(-c4ccc(-c5ccc(C#N)cc5)cc4-n4c5ccccc5c5cc(-c6ccccc6)ccc54)n3)c(-n3c4ccccc4c4cc(-c5ccccc5)ccc43)c2)cc1. The van der Waals surface area contributed by atoms with Gasteiger partial charge in [-0.2, -0.15) is 5.26 Å². The quantitative estimate of drug-likeness (QED) is 0.128. The summed E-state index contributed by atoms with van der Waals surface area (Å²) in [5, 5.41) is 14.2. The molecule has 0 aliphatic carbocycles. The van der Waals surface area contributed by atoms with Crippen molar-refractivity contribution in [2.75, 3.05) is 0 Å². The summed E-state index contributed by atoms with van der Waals surface area (Å²) in [7, 11) is 0. The molecule has 0 aliphatic rings. The lowest BCUT2D eigenvalue weighted by molar-refractivity contribution is 1.06. The van der Waals surface area contributed by atoms with Gasteiger partial charge in [0.05, 0.1) is 58.2 Å². The van der Waals surface area contributed by atoms with Crippen LogP contribution in [0.25, 0.3) is 154 Å². The Labute approximate surface area is 496 Å². The van der Waals surface area contributed by atoms with Gasteiger partial charge < -0.3 is 9.13 Å². The van der Waals surface area contributed by atoms with E-state index in [0.717, 1.165) is 127 Å². The molecule has 0 unspecified atom stereocenters. The molecule has 0 N–H and O–H groups in total. The third kappa shape index (κ3) is 8.90. The second kappa shape index (κ2) is 21.2. The number of hydrogen-bond donors (Lipinski definition) is 0. The minimum absolute atomic E-state index is 0.458. The van der Waals surface area contributed by atoms with Crippen molar-refractivity contribution in [2.24, 2.45) is 0 Å². The van der Waals surface area contributed by atoms with Crippen molar-refractivity contribution >= 4 is 55.0 Å². The Morgan fingerprint density at radius 3 is 1.21 bits per heavy atom. The van der Waals surface area contributed by atoms with Gasteiger partial charge >= 0.3 is 0 Å². The van der Waals surface area contributed by atoms with Crippen molar-refractivity contribution in [3.8, 4) is 107 Å². The zero-order chi connectivity index (χ0) is 57.7.